The molecule has 1 aliphatic rings. The van der Waals surface area contributed by atoms with Gasteiger partial charge in [0.2, 0.25) is 0 Å². The predicted octanol–water partition coefficient (Wildman–Crippen LogP) is 5.15. The van der Waals surface area contributed by atoms with Crippen LogP contribution in [0.4, 0.5) is 14.9 Å². The van der Waals surface area contributed by atoms with Crippen molar-refractivity contribution in [1.29, 1.82) is 0 Å². The third-order valence-electron chi connectivity index (χ3n) is 5.47. The number of hydrogen-bond donors (Lipinski definition) is 1. The van der Waals surface area contributed by atoms with E-state index in [9.17, 15) is 14.0 Å². The quantitative estimate of drug-likeness (QED) is 0.476. The number of ether oxygens (including phenoxy) is 3. The van der Waals surface area contributed by atoms with Gasteiger partial charge in [-0.2, -0.15) is 0 Å². The maximum atomic E-state index is 13.1. The van der Waals surface area contributed by atoms with Crippen molar-refractivity contribution in [2.45, 2.75) is 26.7 Å². The van der Waals surface area contributed by atoms with Gasteiger partial charge in [0.1, 0.15) is 18.2 Å². The number of esters is 1. The summed E-state index contributed by atoms with van der Waals surface area (Å²) in [5.41, 5.74) is 3.59. The lowest BCUT2D eigenvalue weighted by atomic mass is 10.1. The highest BCUT2D eigenvalue weighted by Crippen LogP contribution is 2.25. The van der Waals surface area contributed by atoms with Crippen molar-refractivity contribution < 1.29 is 28.2 Å². The van der Waals surface area contributed by atoms with Gasteiger partial charge in [-0.15, -0.1) is 0 Å². The summed E-state index contributed by atoms with van der Waals surface area (Å²) >= 11 is 0. The molecule has 1 heterocycles. The average molecular weight is 479 g/mol. The van der Waals surface area contributed by atoms with E-state index < -0.39 is 5.97 Å². The fourth-order valence-corrected chi connectivity index (χ4v) is 3.72. The molecule has 7 nitrogen and oxygen atoms in total. The van der Waals surface area contributed by atoms with E-state index in [1.54, 1.807) is 48.2 Å². The second kappa shape index (κ2) is 11.5. The van der Waals surface area contributed by atoms with E-state index in [1.165, 1.54) is 12.1 Å². The zero-order chi connectivity index (χ0) is 24.6. The molecule has 1 aliphatic heterocycles. The number of benzene rings is 3. The highest BCUT2D eigenvalue weighted by molar-refractivity contribution is 5.94. The Kier molecular flexibility index (Phi) is 7.95. The van der Waals surface area contributed by atoms with Gasteiger partial charge in [0.15, 0.2) is 0 Å². The Labute approximate surface area is 203 Å². The number of rotatable bonds is 7. The van der Waals surface area contributed by atoms with E-state index in [2.05, 4.69) is 5.32 Å². The van der Waals surface area contributed by atoms with E-state index in [1.807, 2.05) is 18.2 Å². The standard InChI is InChI=1S/C27H27FN2O5/c1-2-34-26(31)21-4-3-5-24(15-21)29-27(32)30-12-13-35-25-11-8-20(14-22(25)16-30)18-33-17-19-6-9-23(28)10-7-19/h3-11,14-15H,2,12-13,16-18H2,1H3,(H,29,32). The van der Waals surface area contributed by atoms with Gasteiger partial charge in [-0.3, -0.25) is 0 Å². The highest BCUT2D eigenvalue weighted by Gasteiger charge is 2.21. The Bertz CT molecular complexity index is 1180. The Balaban J connectivity index is 1.38. The fourth-order valence-electron chi connectivity index (χ4n) is 3.72. The van der Waals surface area contributed by atoms with Crippen LogP contribution in [0.5, 0.6) is 5.75 Å². The van der Waals surface area contributed by atoms with Crippen LogP contribution in [0, 0.1) is 5.82 Å². The third kappa shape index (κ3) is 6.58. The number of nitrogens with one attached hydrogen (secondary N) is 1. The van der Waals surface area contributed by atoms with Crippen molar-refractivity contribution in [2.75, 3.05) is 25.1 Å². The van der Waals surface area contributed by atoms with Crippen LogP contribution in [0.25, 0.3) is 0 Å². The number of anilines is 1. The monoisotopic (exact) mass is 478 g/mol. The molecular weight excluding hydrogens is 451 g/mol. The second-order valence-electron chi connectivity index (χ2n) is 8.06. The Morgan fingerprint density at radius 1 is 1.03 bits per heavy atom. The maximum Gasteiger partial charge on any atom is 0.338 e. The Hall–Kier alpha value is -3.91. The first-order valence-electron chi connectivity index (χ1n) is 11.4. The number of hydrogen-bond acceptors (Lipinski definition) is 5. The summed E-state index contributed by atoms with van der Waals surface area (Å²) in [6.07, 6.45) is 0. The van der Waals surface area contributed by atoms with Crippen molar-refractivity contribution in [3.8, 4) is 5.75 Å². The van der Waals surface area contributed by atoms with Crippen molar-refractivity contribution in [1.82, 2.24) is 4.90 Å². The van der Waals surface area contributed by atoms with Crippen molar-refractivity contribution in [2.24, 2.45) is 0 Å². The molecule has 0 saturated carbocycles. The first kappa shape index (κ1) is 24.2. The van der Waals surface area contributed by atoms with Gasteiger partial charge < -0.3 is 24.4 Å². The zero-order valence-corrected chi connectivity index (χ0v) is 19.5. The lowest BCUT2D eigenvalue weighted by molar-refractivity contribution is 0.0526. The molecule has 1 N–H and O–H groups in total. The molecule has 8 heteroatoms. The molecule has 2 amide bonds. The second-order valence-corrected chi connectivity index (χ2v) is 8.06. The van der Waals surface area contributed by atoms with E-state index >= 15 is 0 Å². The Morgan fingerprint density at radius 3 is 2.60 bits per heavy atom. The number of nitrogens with zero attached hydrogens (tertiary/aromatic N) is 1. The topological polar surface area (TPSA) is 77.1 Å². The summed E-state index contributed by atoms with van der Waals surface area (Å²) in [4.78, 5) is 26.6. The number of carbonyl (C=O) groups excluding carboxylic acids is 2. The highest BCUT2D eigenvalue weighted by atomic mass is 19.1. The van der Waals surface area contributed by atoms with E-state index in [4.69, 9.17) is 14.2 Å². The van der Waals surface area contributed by atoms with Gasteiger partial charge in [-0.25, -0.2) is 14.0 Å². The summed E-state index contributed by atoms with van der Waals surface area (Å²) in [6, 6.07) is 18.3. The average Bonchev–Trinajstić information content (AvgIpc) is 3.08. The number of halogens is 1. The molecule has 0 atom stereocenters. The number of amides is 2. The molecule has 4 rings (SSSR count). The van der Waals surface area contributed by atoms with Crippen molar-refractivity contribution in [3.05, 3.63) is 94.8 Å². The zero-order valence-electron chi connectivity index (χ0n) is 19.5. The van der Waals surface area contributed by atoms with E-state index in [0.29, 0.717) is 44.2 Å². The SMILES string of the molecule is CCOC(=O)c1cccc(NC(=O)N2CCOc3ccc(COCc4ccc(F)cc4)cc3C2)c1. The number of urea groups is 1. The predicted molar refractivity (Wildman–Crippen MR) is 129 cm³/mol. The summed E-state index contributed by atoms with van der Waals surface area (Å²) in [6.45, 7) is 3.90. The summed E-state index contributed by atoms with van der Waals surface area (Å²) in [5, 5.41) is 2.85. The Morgan fingerprint density at radius 2 is 1.80 bits per heavy atom. The van der Waals surface area contributed by atoms with Crippen LogP contribution in [0.3, 0.4) is 0 Å². The van der Waals surface area contributed by atoms with Crippen LogP contribution in [-0.2, 0) is 29.2 Å². The molecule has 0 bridgehead atoms. The molecule has 0 saturated heterocycles. The molecule has 3 aromatic carbocycles. The van der Waals surface area contributed by atoms with Crippen LogP contribution in [0.15, 0.2) is 66.7 Å². The van der Waals surface area contributed by atoms with Crippen molar-refractivity contribution >= 4 is 17.7 Å². The normalized spacial score (nSPS) is 12.8. The first-order valence-corrected chi connectivity index (χ1v) is 11.4. The molecule has 0 radical (unpaired) electrons. The summed E-state index contributed by atoms with van der Waals surface area (Å²) in [5.74, 6) is 0.0153. The van der Waals surface area contributed by atoms with Crippen molar-refractivity contribution in [3.63, 3.8) is 0 Å². The molecule has 0 aliphatic carbocycles. The molecule has 35 heavy (non-hydrogen) atoms. The van der Waals surface area contributed by atoms with Gasteiger partial charge >= 0.3 is 12.0 Å². The lowest BCUT2D eigenvalue weighted by Crippen LogP contribution is -2.36. The number of carbonyl (C=O) groups is 2. The maximum absolute atomic E-state index is 13.1. The largest absolute Gasteiger partial charge is 0.491 e. The van der Waals surface area contributed by atoms with Gasteiger partial charge in [0, 0.05) is 11.3 Å². The van der Waals surface area contributed by atoms with Crippen LogP contribution in [0.2, 0.25) is 0 Å². The summed E-state index contributed by atoms with van der Waals surface area (Å²) < 4.78 is 29.7. The minimum absolute atomic E-state index is 0.278. The third-order valence-corrected chi connectivity index (χ3v) is 5.47. The minimum Gasteiger partial charge on any atom is -0.491 e. The van der Waals surface area contributed by atoms with Crippen LogP contribution >= 0.6 is 0 Å². The smallest absolute Gasteiger partial charge is 0.338 e. The molecular formula is C27H27FN2O5. The van der Waals surface area contributed by atoms with Gasteiger partial charge in [0.05, 0.1) is 38.5 Å². The molecule has 0 aromatic heterocycles. The van der Waals surface area contributed by atoms with Crippen LogP contribution in [0.1, 0.15) is 34.0 Å². The molecule has 0 fully saturated rings. The first-order chi connectivity index (χ1) is 17.0. The molecule has 0 spiro atoms. The van der Waals surface area contributed by atoms with E-state index in [0.717, 1.165) is 22.4 Å². The molecule has 3 aromatic rings. The molecule has 182 valence electrons. The van der Waals surface area contributed by atoms with Gasteiger partial charge in [0.25, 0.3) is 0 Å². The van der Waals surface area contributed by atoms with Crippen LogP contribution in [-0.4, -0.2) is 36.7 Å². The lowest BCUT2D eigenvalue weighted by Gasteiger charge is -2.21. The van der Waals surface area contributed by atoms with E-state index in [-0.39, 0.29) is 18.5 Å². The van der Waals surface area contributed by atoms with Gasteiger partial charge in [-0.05, 0) is 60.5 Å². The van der Waals surface area contributed by atoms with Crippen LogP contribution < -0.4 is 10.1 Å². The van der Waals surface area contributed by atoms with Gasteiger partial charge in [-0.1, -0.05) is 24.3 Å². The number of fused-ring (bicyclic) bond motifs is 1. The summed E-state index contributed by atoms with van der Waals surface area (Å²) in [7, 11) is 0. The fraction of sp³-hybridized carbons (Fsp3) is 0.259. The minimum atomic E-state index is -0.435. The molecule has 0 unspecified atom stereocenters.